The van der Waals surface area contributed by atoms with Crippen molar-refractivity contribution >= 4 is 17.7 Å². The summed E-state index contributed by atoms with van der Waals surface area (Å²) < 4.78 is 15.9. The van der Waals surface area contributed by atoms with Crippen molar-refractivity contribution in [3.8, 4) is 5.69 Å². The number of fused-ring (bicyclic) bond motifs is 1. The minimum atomic E-state index is -0.340. The lowest BCUT2D eigenvalue weighted by Gasteiger charge is -2.11. The molecule has 1 amide bonds. The number of hydrogen-bond acceptors (Lipinski definition) is 3. The summed E-state index contributed by atoms with van der Waals surface area (Å²) >= 11 is 1.59. The Bertz CT molecular complexity index is 886. The van der Waals surface area contributed by atoms with Crippen molar-refractivity contribution in [1.29, 1.82) is 0 Å². The molecule has 0 bridgehead atoms. The molecule has 1 N–H and O–H groups in total. The fourth-order valence-corrected chi connectivity index (χ4v) is 4.12. The Morgan fingerprint density at radius 1 is 1.32 bits per heavy atom. The summed E-state index contributed by atoms with van der Waals surface area (Å²) in [5, 5.41) is 2.79. The first-order chi connectivity index (χ1) is 12.2. The molecule has 2 aromatic carbocycles. The van der Waals surface area contributed by atoms with E-state index in [4.69, 9.17) is 0 Å². The number of imidazole rings is 1. The van der Waals surface area contributed by atoms with Crippen LogP contribution < -0.4 is 5.32 Å². The number of thioether (sulfide) groups is 1. The lowest BCUT2D eigenvalue weighted by atomic mass is 10.1. The number of halogens is 1. The maximum atomic E-state index is 14.3. The topological polar surface area (TPSA) is 46.9 Å². The van der Waals surface area contributed by atoms with Crippen LogP contribution in [0.25, 0.3) is 5.69 Å². The average molecular weight is 353 g/mol. The number of nitrogens with zero attached hydrogens (tertiary/aromatic N) is 2. The van der Waals surface area contributed by atoms with Crippen LogP contribution in [0.3, 0.4) is 0 Å². The second-order valence-corrected chi connectivity index (χ2v) is 7.14. The first-order valence-electron chi connectivity index (χ1n) is 8.00. The molecule has 1 unspecified atom stereocenters. The molecular weight excluding hydrogens is 337 g/mol. The number of benzene rings is 2. The van der Waals surface area contributed by atoms with Crippen LogP contribution in [0, 0.1) is 5.82 Å². The first-order valence-corrected chi connectivity index (χ1v) is 8.88. The van der Waals surface area contributed by atoms with Crippen molar-refractivity contribution in [1.82, 2.24) is 14.9 Å². The highest BCUT2D eigenvalue weighted by molar-refractivity contribution is 8.01. The van der Waals surface area contributed by atoms with Gasteiger partial charge in [-0.05, 0) is 35.7 Å². The van der Waals surface area contributed by atoms with Gasteiger partial charge in [0, 0.05) is 23.8 Å². The molecule has 0 saturated carbocycles. The van der Waals surface area contributed by atoms with Gasteiger partial charge in [0.05, 0.1) is 17.3 Å². The van der Waals surface area contributed by atoms with Gasteiger partial charge >= 0.3 is 0 Å². The van der Waals surface area contributed by atoms with Crippen LogP contribution in [-0.2, 0) is 17.8 Å². The zero-order valence-corrected chi connectivity index (χ0v) is 14.2. The lowest BCUT2D eigenvalue weighted by molar-refractivity contribution is -0.120. The van der Waals surface area contributed by atoms with Crippen LogP contribution in [0.2, 0.25) is 0 Å². The van der Waals surface area contributed by atoms with Crippen LogP contribution in [0.1, 0.15) is 11.1 Å². The van der Waals surface area contributed by atoms with Crippen molar-refractivity contribution in [2.45, 2.75) is 23.1 Å². The molecule has 25 heavy (non-hydrogen) atoms. The van der Waals surface area contributed by atoms with Crippen LogP contribution in [-0.4, -0.2) is 20.7 Å². The fraction of sp³-hybridized carbons (Fsp3) is 0.158. The minimum absolute atomic E-state index is 0.0136. The van der Waals surface area contributed by atoms with Crippen molar-refractivity contribution in [2.75, 3.05) is 0 Å². The van der Waals surface area contributed by atoms with Crippen LogP contribution in [0.4, 0.5) is 4.39 Å². The Balaban J connectivity index is 1.39. The van der Waals surface area contributed by atoms with Crippen molar-refractivity contribution < 1.29 is 9.18 Å². The van der Waals surface area contributed by atoms with E-state index in [1.165, 1.54) is 16.5 Å². The van der Waals surface area contributed by atoms with Gasteiger partial charge in [-0.25, -0.2) is 9.37 Å². The van der Waals surface area contributed by atoms with Gasteiger partial charge in [-0.2, -0.15) is 0 Å². The van der Waals surface area contributed by atoms with Gasteiger partial charge in [0.2, 0.25) is 5.91 Å². The summed E-state index contributed by atoms with van der Waals surface area (Å²) in [7, 11) is 0. The highest BCUT2D eigenvalue weighted by Crippen LogP contribution is 2.36. The van der Waals surface area contributed by atoms with Gasteiger partial charge in [0.15, 0.2) is 0 Å². The number of nitrogens with one attached hydrogen (secondary N) is 1. The van der Waals surface area contributed by atoms with E-state index in [9.17, 15) is 9.18 Å². The third-order valence-corrected chi connectivity index (χ3v) is 5.52. The molecule has 0 saturated heterocycles. The summed E-state index contributed by atoms with van der Waals surface area (Å²) in [6.45, 7) is 0.313. The largest absolute Gasteiger partial charge is 0.351 e. The molecule has 1 atom stereocenters. The van der Waals surface area contributed by atoms with Crippen LogP contribution >= 0.6 is 11.8 Å². The third-order valence-electron chi connectivity index (χ3n) is 4.20. The normalized spacial score (nSPS) is 15.8. The van der Waals surface area contributed by atoms with Crippen LogP contribution in [0.15, 0.2) is 66.1 Å². The second kappa shape index (κ2) is 6.72. The molecule has 4 nitrogen and oxygen atoms in total. The quantitative estimate of drug-likeness (QED) is 0.782. The molecule has 0 radical (unpaired) electrons. The second-order valence-electron chi connectivity index (χ2n) is 5.89. The fourth-order valence-electron chi connectivity index (χ4n) is 2.90. The van der Waals surface area contributed by atoms with Gasteiger partial charge in [0.1, 0.15) is 5.82 Å². The summed E-state index contributed by atoms with van der Waals surface area (Å²) in [5.41, 5.74) is 2.38. The Hall–Kier alpha value is -2.60. The zero-order valence-electron chi connectivity index (χ0n) is 13.4. The predicted octanol–water partition coefficient (Wildman–Crippen LogP) is 3.34. The number of hydrogen-bond donors (Lipinski definition) is 1. The Morgan fingerprint density at radius 3 is 2.96 bits per heavy atom. The molecular formula is C19H16FN3OS. The van der Waals surface area contributed by atoms with E-state index in [0.29, 0.717) is 12.2 Å². The number of aromatic nitrogens is 2. The molecule has 0 fully saturated rings. The third kappa shape index (κ3) is 3.30. The molecule has 1 aromatic heterocycles. The molecule has 1 aliphatic heterocycles. The Labute approximate surface area is 149 Å². The van der Waals surface area contributed by atoms with Crippen molar-refractivity contribution in [3.05, 3.63) is 78.1 Å². The van der Waals surface area contributed by atoms with E-state index in [2.05, 4.69) is 16.4 Å². The molecule has 0 spiro atoms. The predicted molar refractivity (Wildman–Crippen MR) is 95.2 cm³/mol. The Kier molecular flexibility index (Phi) is 4.28. The Morgan fingerprint density at radius 2 is 2.20 bits per heavy atom. The average Bonchev–Trinajstić information content (AvgIpc) is 3.29. The molecule has 4 rings (SSSR count). The number of amides is 1. The molecule has 3 aromatic rings. The van der Waals surface area contributed by atoms with Gasteiger partial charge < -0.3 is 9.88 Å². The van der Waals surface area contributed by atoms with Crippen LogP contribution in [0.5, 0.6) is 0 Å². The van der Waals surface area contributed by atoms with Gasteiger partial charge in [-0.3, -0.25) is 4.79 Å². The minimum Gasteiger partial charge on any atom is -0.351 e. The van der Waals surface area contributed by atoms with E-state index in [-0.39, 0.29) is 17.0 Å². The van der Waals surface area contributed by atoms with E-state index in [1.807, 2.05) is 24.3 Å². The molecule has 6 heteroatoms. The zero-order chi connectivity index (χ0) is 17.2. The van der Waals surface area contributed by atoms with E-state index in [0.717, 1.165) is 12.0 Å². The summed E-state index contributed by atoms with van der Waals surface area (Å²) in [6.07, 6.45) is 5.58. The van der Waals surface area contributed by atoms with E-state index < -0.39 is 0 Å². The molecule has 2 heterocycles. The van der Waals surface area contributed by atoms with E-state index >= 15 is 0 Å². The smallest absolute Gasteiger partial charge is 0.234 e. The number of carbonyl (C=O) groups is 1. The molecule has 0 aliphatic carbocycles. The summed E-state index contributed by atoms with van der Waals surface area (Å²) in [5.74, 6) is -0.354. The first kappa shape index (κ1) is 15.9. The molecule has 126 valence electrons. The summed E-state index contributed by atoms with van der Waals surface area (Å²) in [4.78, 5) is 17.5. The monoisotopic (exact) mass is 353 g/mol. The molecule has 1 aliphatic rings. The maximum absolute atomic E-state index is 14.3. The number of rotatable bonds is 4. The highest BCUT2D eigenvalue weighted by atomic mass is 32.2. The van der Waals surface area contributed by atoms with E-state index in [1.54, 1.807) is 41.1 Å². The van der Waals surface area contributed by atoms with Crippen molar-refractivity contribution in [3.63, 3.8) is 0 Å². The van der Waals surface area contributed by atoms with Gasteiger partial charge in [-0.1, -0.05) is 24.3 Å². The van der Waals surface area contributed by atoms with Gasteiger partial charge in [0.25, 0.3) is 0 Å². The lowest BCUT2D eigenvalue weighted by Crippen LogP contribution is -2.32. The SMILES string of the molecule is O=C(NCc1ccc(-n2ccnc2)c(F)c1)C1Cc2ccccc2S1. The van der Waals surface area contributed by atoms with Gasteiger partial charge in [-0.15, -0.1) is 11.8 Å². The standard InChI is InChI=1S/C19H16FN3OS/c20-15-9-13(5-6-16(15)23-8-7-21-12-23)11-22-19(24)18-10-14-3-1-2-4-17(14)25-18/h1-9,12,18H,10-11H2,(H,22,24). The number of carbonyl (C=O) groups excluding carboxylic acids is 1. The summed E-state index contributed by atoms with van der Waals surface area (Å²) in [6, 6.07) is 13.0. The van der Waals surface area contributed by atoms with Crippen molar-refractivity contribution in [2.24, 2.45) is 0 Å². The highest BCUT2D eigenvalue weighted by Gasteiger charge is 2.27. The maximum Gasteiger partial charge on any atom is 0.234 e.